The van der Waals surface area contributed by atoms with Crippen LogP contribution in [0.3, 0.4) is 0 Å². The van der Waals surface area contributed by atoms with E-state index >= 15 is 0 Å². The van der Waals surface area contributed by atoms with E-state index in [1.54, 1.807) is 37.3 Å². The third-order valence-electron chi connectivity index (χ3n) is 4.14. The Morgan fingerprint density at radius 1 is 1.15 bits per heavy atom. The van der Waals surface area contributed by atoms with Gasteiger partial charge in [0.2, 0.25) is 10.0 Å². The molecular weight excluding hydrogens is 376 g/mol. The van der Waals surface area contributed by atoms with Crippen molar-refractivity contribution >= 4 is 33.2 Å². The molecule has 1 N–H and O–H groups in total. The first-order valence-electron chi connectivity index (χ1n) is 8.13. The molecule has 1 heterocycles. The fraction of sp³-hybridized carbons (Fsp3) is 0.278. The van der Waals surface area contributed by atoms with Crippen LogP contribution in [0.25, 0.3) is 0 Å². The van der Waals surface area contributed by atoms with E-state index in [0.29, 0.717) is 48.1 Å². The van der Waals surface area contributed by atoms with Crippen molar-refractivity contribution in [2.45, 2.75) is 11.8 Å². The summed E-state index contributed by atoms with van der Waals surface area (Å²) in [4.78, 5) is 12.7. The van der Waals surface area contributed by atoms with Gasteiger partial charge in [0.15, 0.2) is 0 Å². The van der Waals surface area contributed by atoms with Gasteiger partial charge >= 0.3 is 0 Å². The van der Waals surface area contributed by atoms with Crippen molar-refractivity contribution in [3.63, 3.8) is 0 Å². The highest BCUT2D eigenvalue weighted by atomic mass is 35.5. The van der Waals surface area contributed by atoms with Gasteiger partial charge in [0.05, 0.1) is 18.1 Å². The lowest BCUT2D eigenvalue weighted by atomic mass is 10.1. The monoisotopic (exact) mass is 394 g/mol. The molecule has 1 fully saturated rings. The maximum atomic E-state index is 12.8. The van der Waals surface area contributed by atoms with Gasteiger partial charge in [-0.2, -0.15) is 4.31 Å². The quantitative estimate of drug-likeness (QED) is 0.865. The number of aryl methyl sites for hydroxylation is 1. The number of halogens is 1. The van der Waals surface area contributed by atoms with E-state index in [0.717, 1.165) is 0 Å². The number of anilines is 1. The van der Waals surface area contributed by atoms with Crippen molar-refractivity contribution in [1.29, 1.82) is 0 Å². The Morgan fingerprint density at radius 3 is 2.58 bits per heavy atom. The summed E-state index contributed by atoms with van der Waals surface area (Å²) < 4.78 is 32.2. The summed E-state index contributed by atoms with van der Waals surface area (Å²) in [5, 5.41) is 3.25. The Labute approximate surface area is 157 Å². The normalized spacial score (nSPS) is 15.6. The van der Waals surface area contributed by atoms with Crippen LogP contribution in [0.2, 0.25) is 5.02 Å². The highest BCUT2D eigenvalue weighted by molar-refractivity contribution is 7.89. The smallest absolute Gasteiger partial charge is 0.255 e. The molecule has 1 aliphatic rings. The number of carbonyl (C=O) groups excluding carboxylic acids is 1. The maximum Gasteiger partial charge on any atom is 0.255 e. The Hall–Kier alpha value is -1.93. The number of morpholine rings is 1. The number of carbonyl (C=O) groups is 1. The fourth-order valence-electron chi connectivity index (χ4n) is 2.71. The molecule has 1 saturated heterocycles. The molecule has 0 bridgehead atoms. The summed E-state index contributed by atoms with van der Waals surface area (Å²) in [6, 6.07) is 11.4. The first kappa shape index (κ1) is 18.8. The number of amides is 1. The Balaban J connectivity index is 1.88. The standard InChI is InChI=1S/C18H19ClN2O4S/c1-13-5-6-16(26(23,24)21-7-9-25-10-8-21)12-17(13)18(22)20-15-4-2-3-14(19)11-15/h2-6,11-12H,7-10H2,1H3,(H,20,22). The molecule has 2 aromatic rings. The van der Waals surface area contributed by atoms with E-state index in [2.05, 4.69) is 5.32 Å². The highest BCUT2D eigenvalue weighted by Gasteiger charge is 2.27. The van der Waals surface area contributed by atoms with Gasteiger partial charge in [-0.3, -0.25) is 4.79 Å². The van der Waals surface area contributed by atoms with Crippen LogP contribution in [-0.4, -0.2) is 44.9 Å². The fourth-order valence-corrected chi connectivity index (χ4v) is 4.33. The van der Waals surface area contributed by atoms with Gasteiger partial charge in [-0.15, -0.1) is 0 Å². The number of hydrogen-bond donors (Lipinski definition) is 1. The van der Waals surface area contributed by atoms with E-state index in [-0.39, 0.29) is 10.8 Å². The summed E-state index contributed by atoms with van der Waals surface area (Å²) in [6.07, 6.45) is 0. The van der Waals surface area contributed by atoms with Gasteiger partial charge in [0, 0.05) is 29.4 Å². The van der Waals surface area contributed by atoms with Crippen LogP contribution in [0.4, 0.5) is 5.69 Å². The zero-order chi connectivity index (χ0) is 18.7. The van der Waals surface area contributed by atoms with Crippen molar-refractivity contribution in [1.82, 2.24) is 4.31 Å². The van der Waals surface area contributed by atoms with Crippen LogP contribution in [0.5, 0.6) is 0 Å². The first-order chi connectivity index (χ1) is 12.4. The SMILES string of the molecule is Cc1ccc(S(=O)(=O)N2CCOCC2)cc1C(=O)Nc1cccc(Cl)c1. The Bertz CT molecular complexity index is 925. The van der Waals surface area contributed by atoms with Crippen LogP contribution in [0.15, 0.2) is 47.4 Å². The number of nitrogens with zero attached hydrogens (tertiary/aromatic N) is 1. The molecule has 3 rings (SSSR count). The van der Waals surface area contributed by atoms with Crippen LogP contribution in [0, 0.1) is 6.92 Å². The van der Waals surface area contributed by atoms with Crippen molar-refractivity contribution in [3.05, 3.63) is 58.6 Å². The number of sulfonamides is 1. The number of hydrogen-bond acceptors (Lipinski definition) is 4. The van der Waals surface area contributed by atoms with Gasteiger partial charge in [-0.05, 0) is 42.8 Å². The summed E-state index contributed by atoms with van der Waals surface area (Å²) in [6.45, 7) is 3.11. The van der Waals surface area contributed by atoms with Gasteiger partial charge in [0.1, 0.15) is 0 Å². The average Bonchev–Trinajstić information content (AvgIpc) is 2.62. The topological polar surface area (TPSA) is 75.7 Å². The lowest BCUT2D eigenvalue weighted by molar-refractivity contribution is 0.0730. The molecule has 2 aromatic carbocycles. The van der Waals surface area contributed by atoms with Gasteiger partial charge < -0.3 is 10.1 Å². The molecule has 138 valence electrons. The number of benzene rings is 2. The molecular formula is C18H19ClN2O4S. The number of ether oxygens (including phenoxy) is 1. The Kier molecular flexibility index (Phi) is 5.62. The largest absolute Gasteiger partial charge is 0.379 e. The molecule has 0 aliphatic carbocycles. The van der Waals surface area contributed by atoms with Crippen LogP contribution >= 0.6 is 11.6 Å². The maximum absolute atomic E-state index is 12.8. The molecule has 0 atom stereocenters. The van der Waals surface area contributed by atoms with E-state index in [9.17, 15) is 13.2 Å². The second-order valence-electron chi connectivity index (χ2n) is 5.96. The summed E-state index contributed by atoms with van der Waals surface area (Å²) >= 11 is 5.93. The number of rotatable bonds is 4. The molecule has 6 nitrogen and oxygen atoms in total. The molecule has 1 aliphatic heterocycles. The zero-order valence-corrected chi connectivity index (χ0v) is 15.8. The minimum atomic E-state index is -3.66. The Morgan fingerprint density at radius 2 is 1.88 bits per heavy atom. The predicted molar refractivity (Wildman–Crippen MR) is 100 cm³/mol. The lowest BCUT2D eigenvalue weighted by Gasteiger charge is -2.26. The second kappa shape index (κ2) is 7.75. The van der Waals surface area contributed by atoms with Gasteiger partial charge in [-0.1, -0.05) is 23.7 Å². The van der Waals surface area contributed by atoms with Crippen molar-refractivity contribution in [2.24, 2.45) is 0 Å². The molecule has 0 saturated carbocycles. The van der Waals surface area contributed by atoms with E-state index in [4.69, 9.17) is 16.3 Å². The summed E-state index contributed by atoms with van der Waals surface area (Å²) in [5.41, 5.74) is 1.54. The van der Waals surface area contributed by atoms with Crippen molar-refractivity contribution in [3.8, 4) is 0 Å². The molecule has 0 aromatic heterocycles. The van der Waals surface area contributed by atoms with E-state index in [1.165, 1.54) is 16.4 Å². The van der Waals surface area contributed by atoms with Crippen molar-refractivity contribution < 1.29 is 17.9 Å². The number of nitrogens with one attached hydrogen (secondary N) is 1. The minimum absolute atomic E-state index is 0.0984. The first-order valence-corrected chi connectivity index (χ1v) is 9.95. The average molecular weight is 395 g/mol. The predicted octanol–water partition coefficient (Wildman–Crippen LogP) is 2.92. The van der Waals surface area contributed by atoms with E-state index in [1.807, 2.05) is 0 Å². The summed E-state index contributed by atoms with van der Waals surface area (Å²) in [5.74, 6) is -0.385. The zero-order valence-electron chi connectivity index (χ0n) is 14.2. The molecule has 0 radical (unpaired) electrons. The molecule has 26 heavy (non-hydrogen) atoms. The molecule has 1 amide bonds. The van der Waals surface area contributed by atoms with Gasteiger partial charge in [-0.25, -0.2) is 8.42 Å². The molecule has 0 spiro atoms. The lowest BCUT2D eigenvalue weighted by Crippen LogP contribution is -2.40. The van der Waals surface area contributed by atoms with E-state index < -0.39 is 10.0 Å². The molecule has 0 unspecified atom stereocenters. The second-order valence-corrected chi connectivity index (χ2v) is 8.33. The minimum Gasteiger partial charge on any atom is -0.379 e. The molecule has 8 heteroatoms. The van der Waals surface area contributed by atoms with Gasteiger partial charge in [0.25, 0.3) is 5.91 Å². The van der Waals surface area contributed by atoms with Crippen LogP contribution in [0.1, 0.15) is 15.9 Å². The van der Waals surface area contributed by atoms with Crippen LogP contribution in [-0.2, 0) is 14.8 Å². The van der Waals surface area contributed by atoms with Crippen LogP contribution < -0.4 is 5.32 Å². The third-order valence-corrected chi connectivity index (χ3v) is 6.27. The summed E-state index contributed by atoms with van der Waals surface area (Å²) in [7, 11) is -3.66. The van der Waals surface area contributed by atoms with Crippen molar-refractivity contribution in [2.75, 3.05) is 31.6 Å². The third kappa shape index (κ3) is 4.07. The highest BCUT2D eigenvalue weighted by Crippen LogP contribution is 2.22.